The molecule has 2 aliphatic heterocycles. The molecule has 8 nitrogen and oxygen atoms in total. The third kappa shape index (κ3) is 4.77. The molecule has 5 rings (SSSR count). The first-order valence-corrected chi connectivity index (χ1v) is 13.0. The van der Waals surface area contributed by atoms with Crippen LogP contribution in [0, 0.1) is 5.82 Å². The molecule has 10 heteroatoms. The highest BCUT2D eigenvalue weighted by Gasteiger charge is 2.23. The number of rotatable bonds is 5. The Labute approximate surface area is 203 Å². The fourth-order valence-corrected chi connectivity index (χ4v) is 5.87. The van der Waals surface area contributed by atoms with Gasteiger partial charge in [-0.05, 0) is 61.2 Å². The van der Waals surface area contributed by atoms with E-state index in [2.05, 4.69) is 20.3 Å². The van der Waals surface area contributed by atoms with Gasteiger partial charge in [0.05, 0.1) is 4.90 Å². The van der Waals surface area contributed by atoms with Crippen LogP contribution in [0.15, 0.2) is 53.6 Å². The number of fused-ring (bicyclic) bond motifs is 1. The first-order valence-electron chi connectivity index (χ1n) is 11.5. The SMILES string of the molecule is Nc1ncc(-c2ccc(S(=O)(=O)NC3CCCNC3)cc2F)cc1-c1ccc2c(c1)CCNC2=O. The number of nitrogens with two attached hydrogens (primary N) is 1. The average Bonchev–Trinajstić information content (AvgIpc) is 2.85. The van der Waals surface area contributed by atoms with Gasteiger partial charge in [0.2, 0.25) is 10.0 Å². The van der Waals surface area contributed by atoms with Gasteiger partial charge in [0.15, 0.2) is 0 Å². The van der Waals surface area contributed by atoms with Crippen LogP contribution in [0.2, 0.25) is 0 Å². The second-order valence-corrected chi connectivity index (χ2v) is 10.6. The molecule has 1 amide bonds. The Hall–Kier alpha value is -3.34. The van der Waals surface area contributed by atoms with Crippen molar-refractivity contribution in [1.29, 1.82) is 0 Å². The summed E-state index contributed by atoms with van der Waals surface area (Å²) in [4.78, 5) is 16.2. The Bertz CT molecular complexity index is 1400. The predicted molar refractivity (Wildman–Crippen MR) is 132 cm³/mol. The lowest BCUT2D eigenvalue weighted by atomic mass is 9.94. The van der Waals surface area contributed by atoms with Gasteiger partial charge in [-0.2, -0.15) is 0 Å². The number of nitrogens with zero attached hydrogens (tertiary/aromatic N) is 1. The third-order valence-electron chi connectivity index (χ3n) is 6.44. The Morgan fingerprint density at radius 1 is 1.03 bits per heavy atom. The van der Waals surface area contributed by atoms with E-state index in [1.165, 1.54) is 18.3 Å². The highest BCUT2D eigenvalue weighted by atomic mass is 32.2. The Morgan fingerprint density at radius 2 is 1.86 bits per heavy atom. The average molecular weight is 496 g/mol. The number of amides is 1. The van der Waals surface area contributed by atoms with E-state index < -0.39 is 15.8 Å². The van der Waals surface area contributed by atoms with E-state index in [0.29, 0.717) is 36.2 Å². The van der Waals surface area contributed by atoms with Crippen molar-refractivity contribution < 1.29 is 17.6 Å². The number of anilines is 1. The predicted octanol–water partition coefficient (Wildman–Crippen LogP) is 2.45. The summed E-state index contributed by atoms with van der Waals surface area (Å²) < 4.78 is 43.3. The van der Waals surface area contributed by atoms with Crippen molar-refractivity contribution in [3.8, 4) is 22.3 Å². The zero-order valence-electron chi connectivity index (χ0n) is 19.0. The van der Waals surface area contributed by atoms with Crippen molar-refractivity contribution in [2.24, 2.45) is 0 Å². The van der Waals surface area contributed by atoms with Gasteiger partial charge in [0.1, 0.15) is 11.6 Å². The number of benzene rings is 2. The molecule has 1 fully saturated rings. The largest absolute Gasteiger partial charge is 0.383 e. The van der Waals surface area contributed by atoms with Crippen LogP contribution < -0.4 is 21.1 Å². The van der Waals surface area contributed by atoms with Crippen LogP contribution >= 0.6 is 0 Å². The van der Waals surface area contributed by atoms with E-state index in [1.54, 1.807) is 18.2 Å². The maximum atomic E-state index is 15.1. The van der Waals surface area contributed by atoms with Gasteiger partial charge in [-0.25, -0.2) is 22.5 Å². The second kappa shape index (κ2) is 9.37. The topological polar surface area (TPSA) is 126 Å². The van der Waals surface area contributed by atoms with Crippen LogP contribution in [0.5, 0.6) is 0 Å². The lowest BCUT2D eigenvalue weighted by Gasteiger charge is -2.23. The molecule has 0 bridgehead atoms. The molecule has 182 valence electrons. The molecule has 0 saturated carbocycles. The molecule has 0 aliphatic carbocycles. The molecule has 1 saturated heterocycles. The van der Waals surface area contributed by atoms with Crippen LogP contribution in [0.4, 0.5) is 10.2 Å². The molecule has 3 aromatic rings. The van der Waals surface area contributed by atoms with Crippen LogP contribution in [0.1, 0.15) is 28.8 Å². The third-order valence-corrected chi connectivity index (χ3v) is 7.96. The Morgan fingerprint density at radius 3 is 2.63 bits per heavy atom. The number of aromatic nitrogens is 1. The van der Waals surface area contributed by atoms with Crippen LogP contribution in [-0.2, 0) is 16.4 Å². The van der Waals surface area contributed by atoms with Crippen molar-refractivity contribution in [3.63, 3.8) is 0 Å². The van der Waals surface area contributed by atoms with Gasteiger partial charge in [-0.15, -0.1) is 0 Å². The molecule has 3 heterocycles. The first kappa shape index (κ1) is 23.4. The Balaban J connectivity index is 1.45. The maximum absolute atomic E-state index is 15.1. The first-order chi connectivity index (χ1) is 16.8. The molecule has 1 unspecified atom stereocenters. The molecule has 1 atom stereocenters. The molecule has 0 spiro atoms. The number of carbonyl (C=O) groups excluding carboxylic acids is 1. The quantitative estimate of drug-likeness (QED) is 0.431. The molecule has 1 aromatic heterocycles. The standard InChI is InChI=1S/C25H26FN5O3S/c26-23-12-19(35(33,34)31-18-2-1-8-28-14-18)4-6-20(23)17-11-22(24(27)30-13-17)15-3-5-21-16(10-15)7-9-29-25(21)32/h3-6,10-13,18,28,31H,1-2,7-9,14H2,(H2,27,30)(H,29,32). The number of halogens is 1. The number of nitrogen functional groups attached to an aromatic ring is 1. The zero-order chi connectivity index (χ0) is 24.6. The minimum atomic E-state index is -3.85. The molecule has 2 aromatic carbocycles. The Kier molecular flexibility index (Phi) is 6.26. The van der Waals surface area contributed by atoms with Crippen LogP contribution in [0.3, 0.4) is 0 Å². The maximum Gasteiger partial charge on any atom is 0.251 e. The minimum absolute atomic E-state index is 0.107. The van der Waals surface area contributed by atoms with Gasteiger partial charge in [-0.3, -0.25) is 4.79 Å². The smallest absolute Gasteiger partial charge is 0.251 e. The monoisotopic (exact) mass is 495 g/mol. The number of pyridine rings is 1. The minimum Gasteiger partial charge on any atom is -0.383 e. The number of carbonyl (C=O) groups is 1. The van der Waals surface area contributed by atoms with Crippen molar-refractivity contribution in [3.05, 3.63) is 65.6 Å². The molecule has 0 radical (unpaired) electrons. The van der Waals surface area contributed by atoms with Gasteiger partial charge in [0, 0.05) is 47.6 Å². The van der Waals surface area contributed by atoms with E-state index in [1.807, 2.05) is 6.07 Å². The number of sulfonamides is 1. The van der Waals surface area contributed by atoms with Crippen LogP contribution in [0.25, 0.3) is 22.3 Å². The zero-order valence-corrected chi connectivity index (χ0v) is 19.8. The van der Waals surface area contributed by atoms with Gasteiger partial charge in [-0.1, -0.05) is 18.2 Å². The fraction of sp³-hybridized carbons (Fsp3) is 0.280. The summed E-state index contributed by atoms with van der Waals surface area (Å²) in [7, 11) is -3.85. The highest BCUT2D eigenvalue weighted by molar-refractivity contribution is 7.89. The lowest BCUT2D eigenvalue weighted by Crippen LogP contribution is -2.45. The molecule has 5 N–H and O–H groups in total. The number of hydrogen-bond acceptors (Lipinski definition) is 6. The fourth-order valence-electron chi connectivity index (χ4n) is 4.59. The summed E-state index contributed by atoms with van der Waals surface area (Å²) >= 11 is 0. The number of hydrogen-bond donors (Lipinski definition) is 4. The summed E-state index contributed by atoms with van der Waals surface area (Å²) in [6, 6.07) is 10.8. The van der Waals surface area contributed by atoms with E-state index in [4.69, 9.17) is 5.73 Å². The van der Waals surface area contributed by atoms with E-state index in [9.17, 15) is 13.2 Å². The second-order valence-electron chi connectivity index (χ2n) is 8.84. The van der Waals surface area contributed by atoms with Gasteiger partial charge in [0.25, 0.3) is 5.91 Å². The highest BCUT2D eigenvalue weighted by Crippen LogP contribution is 2.33. The van der Waals surface area contributed by atoms with Crippen molar-refractivity contribution in [2.45, 2.75) is 30.2 Å². The summed E-state index contributed by atoms with van der Waals surface area (Å²) in [5, 5.41) is 5.97. The van der Waals surface area contributed by atoms with Crippen molar-refractivity contribution in [1.82, 2.24) is 20.3 Å². The number of nitrogens with one attached hydrogen (secondary N) is 3. The summed E-state index contributed by atoms with van der Waals surface area (Å²) in [5.74, 6) is -0.503. The van der Waals surface area contributed by atoms with Crippen molar-refractivity contribution >= 4 is 21.7 Å². The molecular weight excluding hydrogens is 469 g/mol. The van der Waals surface area contributed by atoms with E-state index >= 15 is 4.39 Å². The van der Waals surface area contributed by atoms with E-state index in [-0.39, 0.29) is 28.2 Å². The molecule has 35 heavy (non-hydrogen) atoms. The van der Waals surface area contributed by atoms with Gasteiger partial charge >= 0.3 is 0 Å². The number of piperidine rings is 1. The molecular formula is C25H26FN5O3S. The summed E-state index contributed by atoms with van der Waals surface area (Å²) in [5.41, 5.74) is 9.74. The van der Waals surface area contributed by atoms with Gasteiger partial charge < -0.3 is 16.4 Å². The summed E-state index contributed by atoms with van der Waals surface area (Å²) in [6.45, 7) is 1.97. The molecule has 2 aliphatic rings. The van der Waals surface area contributed by atoms with Crippen LogP contribution in [-0.4, -0.2) is 45.0 Å². The van der Waals surface area contributed by atoms with Crippen molar-refractivity contribution in [2.75, 3.05) is 25.4 Å². The lowest BCUT2D eigenvalue weighted by molar-refractivity contribution is 0.0946. The normalized spacial score (nSPS) is 18.1. The van der Waals surface area contributed by atoms with E-state index in [0.717, 1.165) is 36.6 Å². The summed E-state index contributed by atoms with van der Waals surface area (Å²) in [6.07, 6.45) is 3.78.